The maximum absolute atomic E-state index is 2.36. The molecule has 0 heteroatoms. The van der Waals surface area contributed by atoms with Crippen LogP contribution in [0.3, 0.4) is 0 Å². The van der Waals surface area contributed by atoms with E-state index in [-0.39, 0.29) is 0 Å². The Kier molecular flexibility index (Phi) is 9.45. The van der Waals surface area contributed by atoms with Crippen molar-refractivity contribution in [2.24, 2.45) is 0 Å². The van der Waals surface area contributed by atoms with E-state index in [1.54, 1.807) is 16.7 Å². The van der Waals surface area contributed by atoms with Gasteiger partial charge >= 0.3 is 0 Å². The molecule has 0 saturated heterocycles. The van der Waals surface area contributed by atoms with Crippen LogP contribution in [0.15, 0.2) is 18.2 Å². The SMILES string of the molecule is CCCCCCCCc1cccc(CCCC)c1CC. The van der Waals surface area contributed by atoms with Gasteiger partial charge in [-0.25, -0.2) is 0 Å². The van der Waals surface area contributed by atoms with Crippen molar-refractivity contribution < 1.29 is 0 Å². The second kappa shape index (κ2) is 10.9. The molecule has 0 saturated carbocycles. The molecule has 0 N–H and O–H groups in total. The number of rotatable bonds is 11. The van der Waals surface area contributed by atoms with Gasteiger partial charge < -0.3 is 0 Å². The highest BCUT2D eigenvalue weighted by Crippen LogP contribution is 2.20. The summed E-state index contributed by atoms with van der Waals surface area (Å²) in [5, 5.41) is 0. The molecule has 0 bridgehead atoms. The summed E-state index contributed by atoms with van der Waals surface area (Å²) in [5.74, 6) is 0. The minimum atomic E-state index is 1.20. The van der Waals surface area contributed by atoms with E-state index in [9.17, 15) is 0 Å². The normalized spacial score (nSPS) is 10.9. The van der Waals surface area contributed by atoms with E-state index in [0.29, 0.717) is 0 Å². The summed E-state index contributed by atoms with van der Waals surface area (Å²) in [6.45, 7) is 6.89. The van der Waals surface area contributed by atoms with E-state index in [1.165, 1.54) is 70.6 Å². The summed E-state index contributed by atoms with van der Waals surface area (Å²) in [6, 6.07) is 6.98. The molecule has 0 amide bonds. The number of aryl methyl sites for hydroxylation is 2. The van der Waals surface area contributed by atoms with E-state index in [2.05, 4.69) is 39.0 Å². The summed E-state index contributed by atoms with van der Waals surface area (Å²) < 4.78 is 0. The lowest BCUT2D eigenvalue weighted by Crippen LogP contribution is -2.00. The number of hydrogen-bond acceptors (Lipinski definition) is 0. The lowest BCUT2D eigenvalue weighted by atomic mass is 9.92. The maximum atomic E-state index is 2.36. The van der Waals surface area contributed by atoms with Crippen molar-refractivity contribution in [3.05, 3.63) is 34.9 Å². The Morgan fingerprint density at radius 3 is 1.80 bits per heavy atom. The first-order valence-electron chi connectivity index (χ1n) is 8.93. The fraction of sp³-hybridized carbons (Fsp3) is 0.700. The average Bonchev–Trinajstić information content (AvgIpc) is 2.48. The molecular weight excluding hydrogens is 240 g/mol. The first-order valence-corrected chi connectivity index (χ1v) is 8.93. The lowest BCUT2D eigenvalue weighted by molar-refractivity contribution is 0.606. The van der Waals surface area contributed by atoms with Crippen LogP contribution in [-0.2, 0) is 19.3 Å². The monoisotopic (exact) mass is 274 g/mol. The lowest BCUT2D eigenvalue weighted by Gasteiger charge is -2.13. The third kappa shape index (κ3) is 6.11. The van der Waals surface area contributed by atoms with Crippen molar-refractivity contribution in [2.45, 2.75) is 91.4 Å². The van der Waals surface area contributed by atoms with Crippen LogP contribution in [0.25, 0.3) is 0 Å². The quantitative estimate of drug-likeness (QED) is 0.404. The highest BCUT2D eigenvalue weighted by atomic mass is 14.1. The van der Waals surface area contributed by atoms with Gasteiger partial charge in [0.05, 0.1) is 0 Å². The highest BCUT2D eigenvalue weighted by Gasteiger charge is 2.06. The molecule has 0 spiro atoms. The second-order valence-electron chi connectivity index (χ2n) is 6.03. The van der Waals surface area contributed by atoms with E-state index in [1.807, 2.05) is 0 Å². The molecule has 0 unspecified atom stereocenters. The molecule has 20 heavy (non-hydrogen) atoms. The molecule has 0 aromatic heterocycles. The van der Waals surface area contributed by atoms with Gasteiger partial charge in [0.1, 0.15) is 0 Å². The van der Waals surface area contributed by atoms with Crippen molar-refractivity contribution in [1.29, 1.82) is 0 Å². The summed E-state index contributed by atoms with van der Waals surface area (Å²) in [4.78, 5) is 0. The van der Waals surface area contributed by atoms with E-state index >= 15 is 0 Å². The topological polar surface area (TPSA) is 0 Å². The molecular formula is C20H34. The fourth-order valence-electron chi connectivity index (χ4n) is 3.07. The molecule has 0 aliphatic heterocycles. The van der Waals surface area contributed by atoms with Crippen LogP contribution in [0.5, 0.6) is 0 Å². The number of hydrogen-bond donors (Lipinski definition) is 0. The molecule has 0 aliphatic rings. The Bertz CT molecular complexity index is 351. The summed E-state index contributed by atoms with van der Waals surface area (Å²) in [7, 11) is 0. The van der Waals surface area contributed by atoms with Gasteiger partial charge in [-0.3, -0.25) is 0 Å². The van der Waals surface area contributed by atoms with Gasteiger partial charge in [-0.05, 0) is 48.8 Å². The smallest absolute Gasteiger partial charge is 0.0276 e. The van der Waals surface area contributed by atoms with E-state index < -0.39 is 0 Å². The van der Waals surface area contributed by atoms with Gasteiger partial charge in [0.15, 0.2) is 0 Å². The van der Waals surface area contributed by atoms with Crippen molar-refractivity contribution in [1.82, 2.24) is 0 Å². The van der Waals surface area contributed by atoms with Crippen LogP contribution in [0.1, 0.15) is 88.8 Å². The Balaban J connectivity index is 2.47. The van der Waals surface area contributed by atoms with Gasteiger partial charge in [0, 0.05) is 0 Å². The minimum Gasteiger partial charge on any atom is -0.0654 e. The predicted octanol–water partition coefficient (Wildman–Crippen LogP) is 6.49. The molecule has 0 radical (unpaired) electrons. The first kappa shape index (κ1) is 17.3. The Labute approximate surface area is 127 Å². The Morgan fingerprint density at radius 2 is 1.20 bits per heavy atom. The molecule has 1 aromatic rings. The Hall–Kier alpha value is -0.780. The van der Waals surface area contributed by atoms with E-state index in [4.69, 9.17) is 0 Å². The summed E-state index contributed by atoms with van der Waals surface area (Å²) in [6.07, 6.45) is 14.8. The van der Waals surface area contributed by atoms with Crippen LogP contribution < -0.4 is 0 Å². The van der Waals surface area contributed by atoms with Crippen molar-refractivity contribution in [2.75, 3.05) is 0 Å². The number of unbranched alkanes of at least 4 members (excludes halogenated alkanes) is 6. The zero-order chi connectivity index (χ0) is 14.6. The molecule has 1 aromatic carbocycles. The minimum absolute atomic E-state index is 1.20. The molecule has 0 heterocycles. The van der Waals surface area contributed by atoms with Gasteiger partial charge in [0.25, 0.3) is 0 Å². The molecule has 114 valence electrons. The third-order valence-corrected chi connectivity index (χ3v) is 4.32. The van der Waals surface area contributed by atoms with Crippen molar-refractivity contribution in [3.63, 3.8) is 0 Å². The van der Waals surface area contributed by atoms with Gasteiger partial charge in [-0.15, -0.1) is 0 Å². The largest absolute Gasteiger partial charge is 0.0654 e. The zero-order valence-electron chi connectivity index (χ0n) is 14.0. The van der Waals surface area contributed by atoms with Crippen molar-refractivity contribution >= 4 is 0 Å². The van der Waals surface area contributed by atoms with Crippen LogP contribution in [0.2, 0.25) is 0 Å². The Morgan fingerprint density at radius 1 is 0.650 bits per heavy atom. The van der Waals surface area contributed by atoms with Crippen LogP contribution in [0.4, 0.5) is 0 Å². The zero-order valence-corrected chi connectivity index (χ0v) is 14.0. The van der Waals surface area contributed by atoms with Crippen LogP contribution >= 0.6 is 0 Å². The standard InChI is InChI=1S/C20H34/c1-4-7-9-10-11-12-15-19-17-13-16-18(14-8-5-2)20(19)6-3/h13,16-17H,4-12,14-15H2,1-3H3. The fourth-order valence-corrected chi connectivity index (χ4v) is 3.07. The molecule has 0 fully saturated rings. The molecule has 0 nitrogen and oxygen atoms in total. The summed E-state index contributed by atoms with van der Waals surface area (Å²) in [5.41, 5.74) is 4.88. The molecule has 0 aliphatic carbocycles. The van der Waals surface area contributed by atoms with Crippen molar-refractivity contribution in [3.8, 4) is 0 Å². The summed E-state index contributed by atoms with van der Waals surface area (Å²) >= 11 is 0. The van der Waals surface area contributed by atoms with Crippen LogP contribution in [-0.4, -0.2) is 0 Å². The molecule has 1 rings (SSSR count). The van der Waals surface area contributed by atoms with Gasteiger partial charge in [0.2, 0.25) is 0 Å². The van der Waals surface area contributed by atoms with Gasteiger partial charge in [-0.2, -0.15) is 0 Å². The van der Waals surface area contributed by atoms with Crippen LogP contribution in [0, 0.1) is 0 Å². The molecule has 0 atom stereocenters. The van der Waals surface area contributed by atoms with E-state index in [0.717, 1.165) is 0 Å². The third-order valence-electron chi connectivity index (χ3n) is 4.32. The maximum Gasteiger partial charge on any atom is -0.0276 e. The first-order chi connectivity index (χ1) is 9.83. The second-order valence-corrected chi connectivity index (χ2v) is 6.03. The highest BCUT2D eigenvalue weighted by molar-refractivity contribution is 5.35. The predicted molar refractivity (Wildman–Crippen MR) is 91.5 cm³/mol. The average molecular weight is 274 g/mol. The number of benzene rings is 1. The van der Waals surface area contributed by atoms with Gasteiger partial charge in [-0.1, -0.05) is 77.5 Å².